The minimum atomic E-state index is -1.12. The van der Waals surface area contributed by atoms with E-state index in [2.05, 4.69) is 10.3 Å². The second-order valence-electron chi connectivity index (χ2n) is 5.32. The largest absolute Gasteiger partial charge is 0.493 e. The van der Waals surface area contributed by atoms with Crippen molar-refractivity contribution in [1.29, 1.82) is 0 Å². The van der Waals surface area contributed by atoms with E-state index < -0.39 is 5.97 Å². The van der Waals surface area contributed by atoms with Crippen LogP contribution < -0.4 is 10.1 Å². The van der Waals surface area contributed by atoms with Gasteiger partial charge in [-0.3, -0.25) is 4.79 Å². The molecule has 0 bridgehead atoms. The van der Waals surface area contributed by atoms with E-state index >= 15 is 0 Å². The van der Waals surface area contributed by atoms with Crippen molar-refractivity contribution in [3.8, 4) is 5.75 Å². The van der Waals surface area contributed by atoms with Crippen LogP contribution in [0.1, 0.15) is 38.7 Å². The molecule has 6 nitrogen and oxygen atoms in total. The van der Waals surface area contributed by atoms with Crippen LogP contribution in [0.2, 0.25) is 0 Å². The molecule has 0 unspecified atom stereocenters. The van der Waals surface area contributed by atoms with Crippen molar-refractivity contribution in [1.82, 2.24) is 10.3 Å². The highest BCUT2D eigenvalue weighted by Gasteiger charge is 2.21. The predicted octanol–water partition coefficient (Wildman–Crippen LogP) is 2.08. The molecular weight excluding hydrogens is 296 g/mol. The van der Waals surface area contributed by atoms with E-state index in [1.165, 1.54) is 18.3 Å². The average Bonchev–Trinajstić information content (AvgIpc) is 2.59. The fourth-order valence-electron chi connectivity index (χ4n) is 2.60. The van der Waals surface area contributed by atoms with Crippen LogP contribution in [-0.2, 0) is 0 Å². The number of amides is 1. The first-order valence-electron chi connectivity index (χ1n) is 7.34. The van der Waals surface area contributed by atoms with Crippen LogP contribution in [-0.4, -0.2) is 35.1 Å². The Hall–Kier alpha value is -2.89. The summed E-state index contributed by atoms with van der Waals surface area (Å²) in [5.41, 5.74) is 1.36. The van der Waals surface area contributed by atoms with Crippen LogP contribution in [0.4, 0.5) is 0 Å². The summed E-state index contributed by atoms with van der Waals surface area (Å²) in [4.78, 5) is 26.7. The number of carbonyl (C=O) groups excluding carboxylic acids is 1. The summed E-state index contributed by atoms with van der Waals surface area (Å²) in [5, 5.41) is 11.7. The highest BCUT2D eigenvalue weighted by Crippen LogP contribution is 2.32. The molecule has 2 N–H and O–H groups in total. The molecule has 3 rings (SSSR count). The summed E-state index contributed by atoms with van der Waals surface area (Å²) in [6, 6.07) is 10.6. The van der Waals surface area contributed by atoms with Crippen molar-refractivity contribution >= 4 is 11.9 Å². The second kappa shape index (κ2) is 6.48. The number of benzene rings is 1. The molecule has 0 aliphatic carbocycles. The number of nitrogens with one attached hydrogen (secondary N) is 1. The molecule has 0 radical (unpaired) electrons. The molecule has 1 atom stereocenters. The lowest BCUT2D eigenvalue weighted by Gasteiger charge is -2.26. The molecule has 23 heavy (non-hydrogen) atoms. The van der Waals surface area contributed by atoms with Gasteiger partial charge in [0.15, 0.2) is 0 Å². The summed E-state index contributed by atoms with van der Waals surface area (Å²) in [6.07, 6.45) is 2.12. The summed E-state index contributed by atoms with van der Waals surface area (Å²) in [7, 11) is 0. The van der Waals surface area contributed by atoms with Crippen LogP contribution in [0.25, 0.3) is 0 Å². The monoisotopic (exact) mass is 312 g/mol. The predicted molar refractivity (Wildman–Crippen MR) is 82.8 cm³/mol. The molecule has 1 aliphatic rings. The zero-order valence-corrected chi connectivity index (χ0v) is 12.4. The minimum absolute atomic E-state index is 0.0834. The van der Waals surface area contributed by atoms with Gasteiger partial charge in [0.25, 0.3) is 5.91 Å². The molecule has 1 amide bonds. The van der Waals surface area contributed by atoms with Crippen molar-refractivity contribution in [3.05, 3.63) is 59.4 Å². The van der Waals surface area contributed by atoms with Crippen LogP contribution >= 0.6 is 0 Å². The first-order chi connectivity index (χ1) is 11.1. The number of para-hydroxylation sites is 1. The molecule has 2 aromatic rings. The van der Waals surface area contributed by atoms with Gasteiger partial charge < -0.3 is 15.2 Å². The Morgan fingerprint density at radius 2 is 2.09 bits per heavy atom. The molecule has 0 fully saturated rings. The Morgan fingerprint density at radius 1 is 1.26 bits per heavy atom. The zero-order chi connectivity index (χ0) is 16.2. The van der Waals surface area contributed by atoms with E-state index in [0.29, 0.717) is 18.7 Å². The standard InChI is InChI=1S/C17H16N2O4/c20-16(12-5-6-14(17(21)22)18-10-12)19-9-11-7-8-23-15-4-2-1-3-13(11)15/h1-6,10-11H,7-9H2,(H,19,20)(H,21,22)/t11-/m1/s1. The lowest BCUT2D eigenvalue weighted by molar-refractivity contribution is 0.0689. The van der Waals surface area contributed by atoms with Gasteiger partial charge in [-0.2, -0.15) is 0 Å². The van der Waals surface area contributed by atoms with Crippen molar-refractivity contribution in [2.45, 2.75) is 12.3 Å². The summed E-state index contributed by atoms with van der Waals surface area (Å²) >= 11 is 0. The average molecular weight is 312 g/mol. The fraction of sp³-hybridized carbons (Fsp3) is 0.235. The van der Waals surface area contributed by atoms with E-state index in [1.807, 2.05) is 24.3 Å². The maximum atomic E-state index is 12.2. The van der Waals surface area contributed by atoms with Crippen LogP contribution in [0, 0.1) is 0 Å². The van der Waals surface area contributed by atoms with Gasteiger partial charge in [0.1, 0.15) is 11.4 Å². The molecule has 1 aromatic heterocycles. The van der Waals surface area contributed by atoms with Crippen molar-refractivity contribution in [3.63, 3.8) is 0 Å². The Balaban J connectivity index is 1.64. The highest BCUT2D eigenvalue weighted by atomic mass is 16.5. The molecule has 2 heterocycles. The molecule has 1 aliphatic heterocycles. The molecule has 118 valence electrons. The highest BCUT2D eigenvalue weighted by molar-refractivity contribution is 5.94. The number of carbonyl (C=O) groups is 2. The van der Waals surface area contributed by atoms with Gasteiger partial charge in [-0.05, 0) is 30.2 Å². The van der Waals surface area contributed by atoms with Crippen LogP contribution in [0.5, 0.6) is 5.75 Å². The third-order valence-electron chi connectivity index (χ3n) is 3.84. The van der Waals surface area contributed by atoms with Crippen molar-refractivity contribution in [2.75, 3.05) is 13.2 Å². The number of rotatable bonds is 4. The Morgan fingerprint density at radius 3 is 2.83 bits per heavy atom. The van der Waals surface area contributed by atoms with E-state index in [-0.39, 0.29) is 17.5 Å². The maximum absolute atomic E-state index is 12.2. The number of carboxylic acid groups (broad SMARTS) is 1. The van der Waals surface area contributed by atoms with Gasteiger partial charge >= 0.3 is 5.97 Å². The van der Waals surface area contributed by atoms with E-state index in [4.69, 9.17) is 9.84 Å². The van der Waals surface area contributed by atoms with Gasteiger partial charge in [-0.1, -0.05) is 18.2 Å². The van der Waals surface area contributed by atoms with Gasteiger partial charge in [0.2, 0.25) is 0 Å². The summed E-state index contributed by atoms with van der Waals surface area (Å²) in [5.74, 6) is -0.310. The number of carboxylic acids is 1. The summed E-state index contributed by atoms with van der Waals surface area (Å²) in [6.45, 7) is 1.13. The third-order valence-corrected chi connectivity index (χ3v) is 3.84. The number of ether oxygens (including phenoxy) is 1. The minimum Gasteiger partial charge on any atom is -0.493 e. The molecular formula is C17H16N2O4. The SMILES string of the molecule is O=C(NC[C@H]1CCOc2ccccc21)c1ccc(C(=O)O)nc1. The lowest BCUT2D eigenvalue weighted by Crippen LogP contribution is -2.30. The number of aromatic nitrogens is 1. The molecule has 6 heteroatoms. The fourth-order valence-corrected chi connectivity index (χ4v) is 2.60. The first kappa shape index (κ1) is 15.0. The third kappa shape index (κ3) is 3.31. The van der Waals surface area contributed by atoms with Gasteiger partial charge in [0.05, 0.1) is 12.2 Å². The quantitative estimate of drug-likeness (QED) is 0.902. The Kier molecular flexibility index (Phi) is 4.23. The van der Waals surface area contributed by atoms with Gasteiger partial charge in [0, 0.05) is 18.7 Å². The van der Waals surface area contributed by atoms with E-state index in [0.717, 1.165) is 17.7 Å². The molecule has 0 saturated carbocycles. The maximum Gasteiger partial charge on any atom is 0.354 e. The number of hydrogen-bond acceptors (Lipinski definition) is 4. The van der Waals surface area contributed by atoms with Gasteiger partial charge in [-0.15, -0.1) is 0 Å². The lowest BCUT2D eigenvalue weighted by atomic mass is 9.93. The Bertz CT molecular complexity index is 728. The second-order valence-corrected chi connectivity index (χ2v) is 5.32. The zero-order valence-electron chi connectivity index (χ0n) is 12.4. The number of aromatic carboxylic acids is 1. The molecule has 1 aromatic carbocycles. The topological polar surface area (TPSA) is 88.5 Å². The number of nitrogens with zero attached hydrogens (tertiary/aromatic N) is 1. The number of fused-ring (bicyclic) bond motifs is 1. The van der Waals surface area contributed by atoms with E-state index in [9.17, 15) is 9.59 Å². The first-order valence-corrected chi connectivity index (χ1v) is 7.34. The van der Waals surface area contributed by atoms with Crippen LogP contribution in [0.3, 0.4) is 0 Å². The Labute approximate surface area is 133 Å². The van der Waals surface area contributed by atoms with Gasteiger partial charge in [-0.25, -0.2) is 9.78 Å². The van der Waals surface area contributed by atoms with E-state index in [1.54, 1.807) is 0 Å². The molecule has 0 spiro atoms. The number of pyridine rings is 1. The summed E-state index contributed by atoms with van der Waals surface area (Å²) < 4.78 is 5.60. The van der Waals surface area contributed by atoms with Crippen molar-refractivity contribution < 1.29 is 19.4 Å². The smallest absolute Gasteiger partial charge is 0.354 e. The van der Waals surface area contributed by atoms with Crippen LogP contribution in [0.15, 0.2) is 42.6 Å². The normalized spacial score (nSPS) is 16.1. The molecule has 0 saturated heterocycles. The number of hydrogen-bond donors (Lipinski definition) is 2. The van der Waals surface area contributed by atoms with Crippen molar-refractivity contribution in [2.24, 2.45) is 0 Å².